The molecule has 1 fully saturated rings. The summed E-state index contributed by atoms with van der Waals surface area (Å²) in [5.41, 5.74) is 2.31. The summed E-state index contributed by atoms with van der Waals surface area (Å²) in [5.74, 6) is 0.388. The fourth-order valence-corrected chi connectivity index (χ4v) is 4.88. The van der Waals surface area contributed by atoms with Crippen molar-refractivity contribution < 1.29 is 9.18 Å². The summed E-state index contributed by atoms with van der Waals surface area (Å²) in [7, 11) is 3.33. The van der Waals surface area contributed by atoms with Crippen LogP contribution in [-0.2, 0) is 13.6 Å². The number of carbonyl (C=O) groups is 1. The molecule has 4 aromatic rings. The van der Waals surface area contributed by atoms with Crippen LogP contribution in [0.4, 0.5) is 10.2 Å². The molecule has 1 amide bonds. The van der Waals surface area contributed by atoms with Crippen LogP contribution in [0, 0.1) is 5.82 Å². The first kappa shape index (κ1) is 22.1. The van der Waals surface area contributed by atoms with E-state index in [2.05, 4.69) is 34.1 Å². The number of benzene rings is 1. The predicted molar refractivity (Wildman–Crippen MR) is 129 cm³/mol. The number of nitrogens with one attached hydrogen (secondary N) is 1. The standard InChI is InChI=1S/C25H28FN7O/c1-15-5-6-16(2)33(15)21-10-7-17(13-28-21)24-29-23-20(9-8-19(22(23)26)25(34)27-3)32(24)14-18-11-12-31(4)30-18/h7-13,15-16H,5-6,14H2,1-4H3,(H,27,34)/t15-,16-/m0/s1. The number of nitrogens with zero attached hydrogens (tertiary/aromatic N) is 6. The number of hydrogen-bond acceptors (Lipinski definition) is 5. The average molecular weight is 462 g/mol. The maximum absolute atomic E-state index is 15.3. The highest BCUT2D eigenvalue weighted by Gasteiger charge is 2.28. The van der Waals surface area contributed by atoms with Crippen LogP contribution >= 0.6 is 0 Å². The molecule has 0 unspecified atom stereocenters. The summed E-state index contributed by atoms with van der Waals surface area (Å²) >= 11 is 0. The molecule has 3 aromatic heterocycles. The summed E-state index contributed by atoms with van der Waals surface area (Å²) in [6.45, 7) is 4.85. The molecule has 34 heavy (non-hydrogen) atoms. The summed E-state index contributed by atoms with van der Waals surface area (Å²) in [4.78, 5) is 23.9. The number of anilines is 1. The fourth-order valence-electron chi connectivity index (χ4n) is 4.88. The van der Waals surface area contributed by atoms with Crippen molar-refractivity contribution in [2.75, 3.05) is 11.9 Å². The molecule has 1 N–H and O–H groups in total. The van der Waals surface area contributed by atoms with Crippen molar-refractivity contribution in [1.29, 1.82) is 0 Å². The van der Waals surface area contributed by atoms with Gasteiger partial charge in [-0.25, -0.2) is 14.4 Å². The third-order valence-electron chi connectivity index (χ3n) is 6.64. The SMILES string of the molecule is CNC(=O)c1ccc2c(nc(-c3ccc(N4[C@@H](C)CC[C@@H]4C)nc3)n2Cc2ccn(C)n2)c1F. The topological polar surface area (TPSA) is 80.9 Å². The van der Waals surface area contributed by atoms with E-state index in [-0.39, 0.29) is 11.1 Å². The van der Waals surface area contributed by atoms with Gasteiger partial charge >= 0.3 is 0 Å². The van der Waals surface area contributed by atoms with Crippen LogP contribution in [0.1, 0.15) is 42.7 Å². The molecule has 1 saturated heterocycles. The Morgan fingerprint density at radius 1 is 1.15 bits per heavy atom. The molecule has 1 aromatic carbocycles. The molecule has 0 bridgehead atoms. The van der Waals surface area contributed by atoms with Gasteiger partial charge in [-0.1, -0.05) is 0 Å². The van der Waals surface area contributed by atoms with Gasteiger partial charge in [0.15, 0.2) is 5.82 Å². The predicted octanol–water partition coefficient (Wildman–Crippen LogP) is 3.76. The number of halogens is 1. The summed E-state index contributed by atoms with van der Waals surface area (Å²) in [5, 5.41) is 6.96. The molecule has 9 heteroatoms. The highest BCUT2D eigenvalue weighted by Crippen LogP contribution is 2.32. The van der Waals surface area contributed by atoms with Gasteiger partial charge in [-0.05, 0) is 57.0 Å². The first-order chi connectivity index (χ1) is 16.4. The van der Waals surface area contributed by atoms with E-state index in [9.17, 15) is 4.79 Å². The first-order valence-electron chi connectivity index (χ1n) is 11.5. The van der Waals surface area contributed by atoms with Crippen LogP contribution in [-0.4, -0.2) is 49.4 Å². The minimum absolute atomic E-state index is 0.0329. The number of amides is 1. The van der Waals surface area contributed by atoms with E-state index in [1.165, 1.54) is 13.1 Å². The van der Waals surface area contributed by atoms with Crippen LogP contribution in [0.2, 0.25) is 0 Å². The van der Waals surface area contributed by atoms with Crippen LogP contribution in [0.3, 0.4) is 0 Å². The Bertz CT molecular complexity index is 1350. The zero-order valence-corrected chi connectivity index (χ0v) is 19.8. The van der Waals surface area contributed by atoms with Crippen molar-refractivity contribution in [1.82, 2.24) is 29.6 Å². The van der Waals surface area contributed by atoms with Crippen molar-refractivity contribution in [3.8, 4) is 11.4 Å². The van der Waals surface area contributed by atoms with Gasteiger partial charge in [0.05, 0.1) is 23.3 Å². The van der Waals surface area contributed by atoms with E-state index in [0.29, 0.717) is 30.0 Å². The number of carbonyl (C=O) groups excluding carboxylic acids is 1. The minimum atomic E-state index is -0.637. The lowest BCUT2D eigenvalue weighted by Gasteiger charge is -2.27. The second-order valence-corrected chi connectivity index (χ2v) is 8.96. The molecule has 0 radical (unpaired) electrons. The van der Waals surface area contributed by atoms with E-state index >= 15 is 4.39 Å². The molecule has 1 aliphatic heterocycles. The number of hydrogen-bond donors (Lipinski definition) is 1. The largest absolute Gasteiger partial charge is 0.355 e. The molecular weight excluding hydrogens is 433 g/mol. The highest BCUT2D eigenvalue weighted by atomic mass is 19.1. The van der Waals surface area contributed by atoms with Gasteiger partial charge in [0.1, 0.15) is 17.2 Å². The maximum Gasteiger partial charge on any atom is 0.254 e. The zero-order valence-electron chi connectivity index (χ0n) is 19.8. The van der Waals surface area contributed by atoms with Gasteiger partial charge in [0.2, 0.25) is 0 Å². The third-order valence-corrected chi connectivity index (χ3v) is 6.64. The fraction of sp³-hybridized carbons (Fsp3) is 0.360. The minimum Gasteiger partial charge on any atom is -0.355 e. The second-order valence-electron chi connectivity index (χ2n) is 8.96. The lowest BCUT2D eigenvalue weighted by atomic mass is 10.1. The Kier molecular flexibility index (Phi) is 5.55. The smallest absolute Gasteiger partial charge is 0.254 e. The normalized spacial score (nSPS) is 18.1. The Hall–Kier alpha value is -3.75. The molecule has 0 spiro atoms. The number of rotatable bonds is 5. The number of fused-ring (bicyclic) bond motifs is 1. The van der Waals surface area contributed by atoms with E-state index in [4.69, 9.17) is 4.98 Å². The second kappa shape index (κ2) is 8.55. The van der Waals surface area contributed by atoms with Crippen molar-refractivity contribution in [2.24, 2.45) is 7.05 Å². The summed E-state index contributed by atoms with van der Waals surface area (Å²) in [6, 6.07) is 10.0. The van der Waals surface area contributed by atoms with Crippen LogP contribution < -0.4 is 10.2 Å². The molecule has 5 rings (SSSR count). The Balaban J connectivity index is 1.62. The van der Waals surface area contributed by atoms with Gasteiger partial charge in [0, 0.05) is 44.1 Å². The molecular formula is C25H28FN7O. The molecule has 2 atom stereocenters. The molecule has 0 aliphatic carbocycles. The maximum atomic E-state index is 15.3. The van der Waals surface area contributed by atoms with Gasteiger partial charge in [-0.3, -0.25) is 9.48 Å². The number of aromatic nitrogens is 5. The molecule has 4 heterocycles. The average Bonchev–Trinajstić information content (AvgIpc) is 3.51. The van der Waals surface area contributed by atoms with Crippen molar-refractivity contribution in [3.63, 3.8) is 0 Å². The first-order valence-corrected chi connectivity index (χ1v) is 11.5. The van der Waals surface area contributed by atoms with Gasteiger partial charge in [-0.15, -0.1) is 0 Å². The number of aryl methyl sites for hydroxylation is 1. The third kappa shape index (κ3) is 3.70. The Morgan fingerprint density at radius 3 is 2.53 bits per heavy atom. The van der Waals surface area contributed by atoms with E-state index in [1.54, 1.807) is 16.9 Å². The molecule has 1 aliphatic rings. The lowest BCUT2D eigenvalue weighted by molar-refractivity contribution is 0.0959. The van der Waals surface area contributed by atoms with Crippen LogP contribution in [0.5, 0.6) is 0 Å². The highest BCUT2D eigenvalue weighted by molar-refractivity contribution is 5.98. The van der Waals surface area contributed by atoms with E-state index in [0.717, 1.165) is 29.9 Å². The molecule has 0 saturated carbocycles. The van der Waals surface area contributed by atoms with Crippen molar-refractivity contribution in [3.05, 3.63) is 59.8 Å². The monoisotopic (exact) mass is 461 g/mol. The number of pyridine rings is 1. The van der Waals surface area contributed by atoms with Gasteiger partial charge < -0.3 is 14.8 Å². The summed E-state index contributed by atoms with van der Waals surface area (Å²) in [6.07, 6.45) is 5.96. The van der Waals surface area contributed by atoms with Gasteiger partial charge in [0.25, 0.3) is 5.91 Å². The van der Waals surface area contributed by atoms with Crippen LogP contribution in [0.15, 0.2) is 42.7 Å². The molecule has 176 valence electrons. The lowest BCUT2D eigenvalue weighted by Crippen LogP contribution is -2.33. The molecule has 8 nitrogen and oxygen atoms in total. The quantitative estimate of drug-likeness (QED) is 0.490. The van der Waals surface area contributed by atoms with Gasteiger partial charge in [-0.2, -0.15) is 5.10 Å². The van der Waals surface area contributed by atoms with E-state index in [1.807, 2.05) is 36.0 Å². The Morgan fingerprint density at radius 2 is 1.91 bits per heavy atom. The number of imidazole rings is 1. The Labute approximate surface area is 197 Å². The zero-order chi connectivity index (χ0) is 24.0. The van der Waals surface area contributed by atoms with E-state index < -0.39 is 11.7 Å². The van der Waals surface area contributed by atoms with Crippen molar-refractivity contribution >= 4 is 22.8 Å². The summed E-state index contributed by atoms with van der Waals surface area (Å²) < 4.78 is 19.0. The van der Waals surface area contributed by atoms with Crippen LogP contribution in [0.25, 0.3) is 22.4 Å². The van der Waals surface area contributed by atoms with Crippen molar-refractivity contribution in [2.45, 2.75) is 45.3 Å².